The van der Waals surface area contributed by atoms with E-state index in [1.807, 2.05) is 12.1 Å². The van der Waals surface area contributed by atoms with Crippen LogP contribution in [0.5, 0.6) is 5.75 Å². The zero-order valence-corrected chi connectivity index (χ0v) is 13.5. The fraction of sp³-hybridized carbons (Fsp3) is 0.105. The van der Waals surface area contributed by atoms with Crippen LogP contribution in [0.1, 0.15) is 22.8 Å². The number of nitrogens with zero attached hydrogens (tertiary/aromatic N) is 1. The van der Waals surface area contributed by atoms with E-state index >= 15 is 0 Å². The summed E-state index contributed by atoms with van der Waals surface area (Å²) in [6.45, 7) is 2.15. The Balaban J connectivity index is 2.37. The summed E-state index contributed by atoms with van der Waals surface area (Å²) in [5.41, 5.74) is 0.780. The summed E-state index contributed by atoms with van der Waals surface area (Å²) in [6.07, 6.45) is 1.32. The molecule has 2 aromatic rings. The molecule has 6 heteroatoms. The lowest BCUT2D eigenvalue weighted by Crippen LogP contribution is -2.13. The smallest absolute Gasteiger partial charge is 0.335 e. The summed E-state index contributed by atoms with van der Waals surface area (Å²) in [4.78, 5) is 23.4. The molecule has 0 saturated carbocycles. The van der Waals surface area contributed by atoms with Crippen LogP contribution < -0.4 is 10.1 Å². The van der Waals surface area contributed by atoms with Gasteiger partial charge in [0.25, 0.3) is 5.91 Å². The molecule has 126 valence electrons. The Labute approximate surface area is 145 Å². The second kappa shape index (κ2) is 8.31. The number of nitrogens with one attached hydrogen (secondary N) is 1. The van der Waals surface area contributed by atoms with Crippen molar-refractivity contribution >= 4 is 23.6 Å². The van der Waals surface area contributed by atoms with E-state index in [9.17, 15) is 14.9 Å². The van der Waals surface area contributed by atoms with E-state index in [4.69, 9.17) is 9.84 Å². The van der Waals surface area contributed by atoms with Gasteiger partial charge in [-0.05, 0) is 43.3 Å². The number of rotatable bonds is 6. The van der Waals surface area contributed by atoms with E-state index in [-0.39, 0.29) is 11.1 Å². The van der Waals surface area contributed by atoms with Crippen LogP contribution in [0.25, 0.3) is 6.08 Å². The highest BCUT2D eigenvalue weighted by Crippen LogP contribution is 2.23. The van der Waals surface area contributed by atoms with Crippen LogP contribution >= 0.6 is 0 Å². The van der Waals surface area contributed by atoms with E-state index in [2.05, 4.69) is 5.32 Å². The molecule has 0 saturated heterocycles. The molecule has 0 aliphatic carbocycles. The number of hydrogen-bond donors (Lipinski definition) is 2. The Hall–Kier alpha value is -3.59. The fourth-order valence-corrected chi connectivity index (χ4v) is 2.11. The van der Waals surface area contributed by atoms with Crippen molar-refractivity contribution in [3.8, 4) is 11.8 Å². The molecule has 0 aromatic heterocycles. The van der Waals surface area contributed by atoms with Crippen molar-refractivity contribution in [2.45, 2.75) is 6.92 Å². The molecule has 0 unspecified atom stereocenters. The minimum Gasteiger partial charge on any atom is -0.493 e. The van der Waals surface area contributed by atoms with Crippen LogP contribution in [0.2, 0.25) is 0 Å². The fourth-order valence-electron chi connectivity index (χ4n) is 2.11. The van der Waals surface area contributed by atoms with E-state index in [1.165, 1.54) is 24.3 Å². The van der Waals surface area contributed by atoms with Gasteiger partial charge in [-0.25, -0.2) is 4.79 Å². The molecule has 0 aliphatic rings. The number of ether oxygens (including phenoxy) is 1. The van der Waals surface area contributed by atoms with Crippen LogP contribution in [0.4, 0.5) is 5.69 Å². The molecule has 25 heavy (non-hydrogen) atoms. The summed E-state index contributed by atoms with van der Waals surface area (Å²) in [5, 5.41) is 21.0. The molecule has 2 N–H and O–H groups in total. The summed E-state index contributed by atoms with van der Waals surface area (Å²) < 4.78 is 5.44. The summed E-state index contributed by atoms with van der Waals surface area (Å²) in [7, 11) is 0. The first kappa shape index (κ1) is 17.8. The predicted molar refractivity (Wildman–Crippen MR) is 93.2 cm³/mol. The minimum atomic E-state index is -1.11. The molecular weight excluding hydrogens is 320 g/mol. The summed E-state index contributed by atoms with van der Waals surface area (Å²) >= 11 is 0. The second-order valence-electron chi connectivity index (χ2n) is 4.98. The lowest BCUT2D eigenvalue weighted by molar-refractivity contribution is -0.112. The molecule has 0 spiro atoms. The van der Waals surface area contributed by atoms with Crippen molar-refractivity contribution in [3.05, 3.63) is 65.2 Å². The molecule has 2 rings (SSSR count). The topological polar surface area (TPSA) is 99.4 Å². The monoisotopic (exact) mass is 336 g/mol. The highest BCUT2D eigenvalue weighted by molar-refractivity contribution is 6.10. The molecule has 0 aliphatic heterocycles. The Morgan fingerprint density at radius 2 is 1.96 bits per heavy atom. The van der Waals surface area contributed by atoms with Crippen molar-refractivity contribution in [1.82, 2.24) is 0 Å². The minimum absolute atomic E-state index is 0.0375. The van der Waals surface area contributed by atoms with Crippen molar-refractivity contribution in [2.24, 2.45) is 0 Å². The molecule has 6 nitrogen and oxygen atoms in total. The van der Waals surface area contributed by atoms with Gasteiger partial charge in [-0.1, -0.05) is 18.2 Å². The second-order valence-corrected chi connectivity index (χ2v) is 4.98. The summed E-state index contributed by atoms with van der Waals surface area (Å²) in [5.74, 6) is -1.30. The van der Waals surface area contributed by atoms with Crippen LogP contribution in [0.3, 0.4) is 0 Å². The van der Waals surface area contributed by atoms with Crippen molar-refractivity contribution < 1.29 is 19.4 Å². The molecule has 0 heterocycles. The lowest BCUT2D eigenvalue weighted by atomic mass is 10.1. The average Bonchev–Trinajstić information content (AvgIpc) is 2.61. The maximum Gasteiger partial charge on any atom is 0.335 e. The third-order valence-electron chi connectivity index (χ3n) is 3.25. The van der Waals surface area contributed by atoms with Gasteiger partial charge in [0, 0.05) is 11.3 Å². The molecule has 0 fully saturated rings. The molecule has 1 amide bonds. The quantitative estimate of drug-likeness (QED) is 0.622. The zero-order chi connectivity index (χ0) is 18.2. The van der Waals surface area contributed by atoms with Gasteiger partial charge in [-0.2, -0.15) is 5.26 Å². The first-order valence-corrected chi connectivity index (χ1v) is 7.53. The number of carbonyl (C=O) groups is 2. The highest BCUT2D eigenvalue weighted by Gasteiger charge is 2.13. The maximum atomic E-state index is 12.3. The van der Waals surface area contributed by atoms with Crippen LogP contribution in [0, 0.1) is 11.3 Å². The third-order valence-corrected chi connectivity index (χ3v) is 3.25. The van der Waals surface area contributed by atoms with Crippen LogP contribution in [0.15, 0.2) is 54.1 Å². The van der Waals surface area contributed by atoms with E-state index in [0.717, 1.165) is 0 Å². The van der Waals surface area contributed by atoms with Crippen LogP contribution in [-0.2, 0) is 4.79 Å². The number of amides is 1. The van der Waals surface area contributed by atoms with Gasteiger partial charge in [-0.3, -0.25) is 4.79 Å². The molecule has 0 atom stereocenters. The molecule has 2 aromatic carbocycles. The van der Waals surface area contributed by atoms with Gasteiger partial charge < -0.3 is 15.2 Å². The normalized spacial score (nSPS) is 10.6. The Bertz CT molecular complexity index is 851. The number of nitriles is 1. The lowest BCUT2D eigenvalue weighted by Gasteiger charge is -2.09. The first-order chi connectivity index (χ1) is 12.0. The van der Waals surface area contributed by atoms with Gasteiger partial charge in [0.1, 0.15) is 17.4 Å². The van der Waals surface area contributed by atoms with Gasteiger partial charge in [0.05, 0.1) is 12.2 Å². The number of anilines is 1. The molecular formula is C19H16N2O4. The number of carboxylic acids is 1. The Kier molecular flexibility index (Phi) is 5.91. The Morgan fingerprint density at radius 1 is 1.24 bits per heavy atom. The van der Waals surface area contributed by atoms with E-state index in [1.54, 1.807) is 31.2 Å². The SMILES string of the molecule is CCOc1ccc(C(=O)O)cc1/C=C(\C#N)C(=O)Nc1ccccc1. The number of carbonyl (C=O) groups excluding carboxylic acids is 1. The van der Waals surface area contributed by atoms with Crippen molar-refractivity contribution in [3.63, 3.8) is 0 Å². The van der Waals surface area contributed by atoms with Gasteiger partial charge in [0.2, 0.25) is 0 Å². The zero-order valence-electron chi connectivity index (χ0n) is 13.5. The molecule has 0 bridgehead atoms. The average molecular weight is 336 g/mol. The number of aromatic carboxylic acids is 1. The predicted octanol–water partition coefficient (Wildman–Crippen LogP) is 3.33. The largest absolute Gasteiger partial charge is 0.493 e. The number of hydrogen-bond acceptors (Lipinski definition) is 4. The van der Waals surface area contributed by atoms with Gasteiger partial charge in [0.15, 0.2) is 0 Å². The van der Waals surface area contributed by atoms with E-state index in [0.29, 0.717) is 23.6 Å². The maximum absolute atomic E-state index is 12.3. The van der Waals surface area contributed by atoms with E-state index < -0.39 is 11.9 Å². The number of carboxylic acid groups (broad SMARTS) is 1. The van der Waals surface area contributed by atoms with Crippen LogP contribution in [-0.4, -0.2) is 23.6 Å². The number of benzene rings is 2. The summed E-state index contributed by atoms with van der Waals surface area (Å²) in [6, 6.07) is 14.8. The van der Waals surface area contributed by atoms with Gasteiger partial charge >= 0.3 is 5.97 Å². The molecule has 0 radical (unpaired) electrons. The van der Waals surface area contributed by atoms with Crippen molar-refractivity contribution in [2.75, 3.05) is 11.9 Å². The Morgan fingerprint density at radius 3 is 2.56 bits per heavy atom. The van der Waals surface area contributed by atoms with Gasteiger partial charge in [-0.15, -0.1) is 0 Å². The van der Waals surface area contributed by atoms with Crippen molar-refractivity contribution in [1.29, 1.82) is 5.26 Å². The first-order valence-electron chi connectivity index (χ1n) is 7.53. The highest BCUT2D eigenvalue weighted by atomic mass is 16.5. The standard InChI is InChI=1S/C19H16N2O4/c1-2-25-17-9-8-13(19(23)24)10-14(17)11-15(12-20)18(22)21-16-6-4-3-5-7-16/h3-11H,2H2,1H3,(H,21,22)(H,23,24)/b15-11+. The number of para-hydroxylation sites is 1. The third kappa shape index (κ3) is 4.69.